The van der Waals surface area contributed by atoms with Crippen molar-refractivity contribution in [3.05, 3.63) is 29.3 Å². The minimum Gasteiger partial charge on any atom is -0.314 e. The van der Waals surface area contributed by atoms with Crippen molar-refractivity contribution in [3.8, 4) is 0 Å². The summed E-state index contributed by atoms with van der Waals surface area (Å²) in [7, 11) is 0. The van der Waals surface area contributed by atoms with Crippen LogP contribution in [0.5, 0.6) is 0 Å². The Hall–Kier alpha value is -0.800. The van der Waals surface area contributed by atoms with Crippen molar-refractivity contribution in [2.75, 3.05) is 12.3 Å². The SMILES string of the molecule is O=C(CC1CCCN1)c1ccc2c(c1)CCCS2. The normalized spacial score (nSPS) is 22.8. The van der Waals surface area contributed by atoms with Crippen LogP contribution < -0.4 is 5.32 Å². The highest BCUT2D eigenvalue weighted by Gasteiger charge is 2.19. The Bertz CT molecular complexity index is 452. The fourth-order valence-corrected chi connectivity index (χ4v) is 3.83. The molecule has 1 fully saturated rings. The second-order valence-corrected chi connectivity index (χ2v) is 6.33. The first-order valence-electron chi connectivity index (χ1n) is 6.85. The molecule has 0 spiro atoms. The van der Waals surface area contributed by atoms with Crippen LogP contribution in [0.4, 0.5) is 0 Å². The standard InChI is InChI=1S/C15H19NOS/c17-14(10-13-4-1-7-16-13)11-5-6-15-12(9-11)3-2-8-18-15/h5-6,9,13,16H,1-4,7-8,10H2. The first-order chi connectivity index (χ1) is 8.83. The number of hydrogen-bond acceptors (Lipinski definition) is 3. The van der Waals surface area contributed by atoms with E-state index in [0.29, 0.717) is 18.2 Å². The highest BCUT2D eigenvalue weighted by atomic mass is 32.2. The predicted octanol–water partition coefficient (Wildman–Crippen LogP) is 3.05. The molecule has 2 aliphatic heterocycles. The summed E-state index contributed by atoms with van der Waals surface area (Å²) >= 11 is 1.92. The molecule has 96 valence electrons. The van der Waals surface area contributed by atoms with Crippen LogP contribution in [0.2, 0.25) is 0 Å². The van der Waals surface area contributed by atoms with Gasteiger partial charge in [0, 0.05) is 22.9 Å². The molecule has 0 bridgehead atoms. The topological polar surface area (TPSA) is 29.1 Å². The minimum atomic E-state index is 0.299. The maximum absolute atomic E-state index is 12.2. The van der Waals surface area contributed by atoms with E-state index in [1.165, 1.54) is 29.1 Å². The van der Waals surface area contributed by atoms with E-state index in [0.717, 1.165) is 24.9 Å². The molecule has 0 saturated carbocycles. The van der Waals surface area contributed by atoms with Gasteiger partial charge in [-0.15, -0.1) is 11.8 Å². The Morgan fingerprint density at radius 1 is 1.39 bits per heavy atom. The van der Waals surface area contributed by atoms with Crippen LogP contribution in [0.1, 0.15) is 41.6 Å². The number of fused-ring (bicyclic) bond motifs is 1. The largest absolute Gasteiger partial charge is 0.314 e. The number of Topliss-reactive ketones (excluding diaryl/α,β-unsaturated/α-hetero) is 1. The Kier molecular flexibility index (Phi) is 3.71. The van der Waals surface area contributed by atoms with Crippen molar-refractivity contribution in [3.63, 3.8) is 0 Å². The third kappa shape index (κ3) is 2.62. The molecule has 3 rings (SSSR count). The van der Waals surface area contributed by atoms with Crippen molar-refractivity contribution >= 4 is 17.5 Å². The van der Waals surface area contributed by atoms with E-state index in [9.17, 15) is 4.79 Å². The molecule has 0 radical (unpaired) electrons. The van der Waals surface area contributed by atoms with Gasteiger partial charge in [-0.25, -0.2) is 0 Å². The van der Waals surface area contributed by atoms with E-state index in [2.05, 4.69) is 17.4 Å². The summed E-state index contributed by atoms with van der Waals surface area (Å²) in [6.45, 7) is 1.07. The second kappa shape index (κ2) is 5.45. The number of nitrogens with one attached hydrogen (secondary N) is 1. The number of ketones is 1. The zero-order valence-electron chi connectivity index (χ0n) is 10.6. The van der Waals surface area contributed by atoms with Gasteiger partial charge in [-0.3, -0.25) is 4.79 Å². The molecule has 2 aliphatic rings. The van der Waals surface area contributed by atoms with E-state index < -0.39 is 0 Å². The first kappa shape index (κ1) is 12.2. The van der Waals surface area contributed by atoms with Crippen LogP contribution in [0.3, 0.4) is 0 Å². The van der Waals surface area contributed by atoms with Gasteiger partial charge in [0.05, 0.1) is 0 Å². The highest BCUT2D eigenvalue weighted by molar-refractivity contribution is 7.99. The van der Waals surface area contributed by atoms with Crippen LogP contribution in [-0.2, 0) is 6.42 Å². The highest BCUT2D eigenvalue weighted by Crippen LogP contribution is 2.30. The smallest absolute Gasteiger partial charge is 0.164 e. The monoisotopic (exact) mass is 261 g/mol. The van der Waals surface area contributed by atoms with Crippen LogP contribution in [0.15, 0.2) is 23.1 Å². The second-order valence-electron chi connectivity index (χ2n) is 5.20. The summed E-state index contributed by atoms with van der Waals surface area (Å²) in [5, 5.41) is 3.39. The molecular formula is C15H19NOS. The molecule has 1 unspecified atom stereocenters. The van der Waals surface area contributed by atoms with Gasteiger partial charge < -0.3 is 5.32 Å². The fraction of sp³-hybridized carbons (Fsp3) is 0.533. The molecule has 1 N–H and O–H groups in total. The van der Waals surface area contributed by atoms with E-state index in [4.69, 9.17) is 0 Å². The summed E-state index contributed by atoms with van der Waals surface area (Å²) in [5.74, 6) is 1.51. The molecule has 2 nitrogen and oxygen atoms in total. The van der Waals surface area contributed by atoms with Crippen molar-refractivity contribution in [1.82, 2.24) is 5.32 Å². The van der Waals surface area contributed by atoms with Gasteiger partial charge in [0.2, 0.25) is 0 Å². The van der Waals surface area contributed by atoms with Crippen LogP contribution >= 0.6 is 11.8 Å². The van der Waals surface area contributed by atoms with Crippen LogP contribution in [-0.4, -0.2) is 24.1 Å². The van der Waals surface area contributed by atoms with Crippen molar-refractivity contribution in [2.45, 2.75) is 43.0 Å². The lowest BCUT2D eigenvalue weighted by Crippen LogP contribution is -2.24. The number of benzene rings is 1. The molecule has 1 saturated heterocycles. The van der Waals surface area contributed by atoms with E-state index in [1.807, 2.05) is 17.8 Å². The Labute approximate surface area is 113 Å². The lowest BCUT2D eigenvalue weighted by molar-refractivity contribution is 0.0971. The molecular weight excluding hydrogens is 242 g/mol. The average molecular weight is 261 g/mol. The quantitative estimate of drug-likeness (QED) is 0.848. The molecule has 1 aromatic rings. The number of carbonyl (C=O) groups is 1. The molecule has 18 heavy (non-hydrogen) atoms. The van der Waals surface area contributed by atoms with Crippen LogP contribution in [0, 0.1) is 0 Å². The Morgan fingerprint density at radius 3 is 3.17 bits per heavy atom. The van der Waals surface area contributed by atoms with E-state index in [1.54, 1.807) is 0 Å². The molecule has 1 atom stereocenters. The molecule has 1 aromatic carbocycles. The predicted molar refractivity (Wildman–Crippen MR) is 75.5 cm³/mol. The summed E-state index contributed by atoms with van der Waals surface area (Å²) < 4.78 is 0. The van der Waals surface area contributed by atoms with E-state index >= 15 is 0 Å². The van der Waals surface area contributed by atoms with Gasteiger partial charge in [0.25, 0.3) is 0 Å². The number of rotatable bonds is 3. The summed E-state index contributed by atoms with van der Waals surface area (Å²) in [5.41, 5.74) is 2.28. The van der Waals surface area contributed by atoms with Gasteiger partial charge in [0.1, 0.15) is 0 Å². The maximum atomic E-state index is 12.2. The van der Waals surface area contributed by atoms with Gasteiger partial charge in [-0.05, 0) is 55.7 Å². The maximum Gasteiger partial charge on any atom is 0.164 e. The van der Waals surface area contributed by atoms with Crippen molar-refractivity contribution in [1.29, 1.82) is 0 Å². The molecule has 2 heterocycles. The average Bonchev–Trinajstić information content (AvgIpc) is 2.91. The third-order valence-corrected chi connectivity index (χ3v) is 5.03. The fourth-order valence-electron chi connectivity index (χ4n) is 2.81. The van der Waals surface area contributed by atoms with Crippen molar-refractivity contribution in [2.24, 2.45) is 0 Å². The molecule has 0 amide bonds. The van der Waals surface area contributed by atoms with Gasteiger partial charge in [-0.2, -0.15) is 0 Å². The van der Waals surface area contributed by atoms with Gasteiger partial charge >= 0.3 is 0 Å². The van der Waals surface area contributed by atoms with Crippen molar-refractivity contribution < 1.29 is 4.79 Å². The van der Waals surface area contributed by atoms with Gasteiger partial charge in [-0.1, -0.05) is 6.07 Å². The Balaban J connectivity index is 1.73. The van der Waals surface area contributed by atoms with Gasteiger partial charge in [0.15, 0.2) is 5.78 Å². The number of thioether (sulfide) groups is 1. The summed E-state index contributed by atoms with van der Waals surface area (Å²) in [6.07, 6.45) is 5.38. The minimum absolute atomic E-state index is 0.299. The first-order valence-corrected chi connectivity index (χ1v) is 7.84. The molecule has 0 aliphatic carbocycles. The third-order valence-electron chi connectivity index (χ3n) is 3.82. The zero-order valence-corrected chi connectivity index (χ0v) is 11.4. The number of aryl methyl sites for hydroxylation is 1. The lowest BCUT2D eigenvalue weighted by Gasteiger charge is -2.16. The Morgan fingerprint density at radius 2 is 2.33 bits per heavy atom. The van der Waals surface area contributed by atoms with Crippen LogP contribution in [0.25, 0.3) is 0 Å². The molecule has 0 aromatic heterocycles. The zero-order chi connectivity index (χ0) is 12.4. The van der Waals surface area contributed by atoms with E-state index in [-0.39, 0.29) is 0 Å². The number of hydrogen-bond donors (Lipinski definition) is 1. The number of carbonyl (C=O) groups excluding carboxylic acids is 1. The molecule has 3 heteroatoms. The summed E-state index contributed by atoms with van der Waals surface area (Å²) in [6, 6.07) is 6.67. The lowest BCUT2D eigenvalue weighted by atomic mass is 9.99. The summed E-state index contributed by atoms with van der Waals surface area (Å²) in [4.78, 5) is 13.6.